The highest BCUT2D eigenvalue weighted by molar-refractivity contribution is 6.74. The molecule has 0 aromatic heterocycles. The maximum Gasteiger partial charge on any atom is 0.211 e. The largest absolute Gasteiger partial charge is 0.415 e. The van der Waals surface area contributed by atoms with E-state index in [2.05, 4.69) is 77.9 Å². The molecule has 0 aliphatic heterocycles. The third-order valence-electron chi connectivity index (χ3n) is 6.72. The van der Waals surface area contributed by atoms with Gasteiger partial charge in [0.1, 0.15) is 0 Å². The fraction of sp³-hybridized carbons (Fsp3) is 0.696. The van der Waals surface area contributed by atoms with Gasteiger partial charge in [-0.25, -0.2) is 0 Å². The number of nitrogens with zero attached hydrogens (tertiary/aromatic N) is 1. The Bertz CT molecular complexity index is 631. The maximum absolute atomic E-state index is 10.7. The third kappa shape index (κ3) is 7.83. The van der Waals surface area contributed by atoms with Gasteiger partial charge < -0.3 is 19.1 Å². The summed E-state index contributed by atoms with van der Waals surface area (Å²) in [5.74, 6) is 0. The van der Waals surface area contributed by atoms with Crippen molar-refractivity contribution in [3.05, 3.63) is 24.3 Å². The molecule has 0 saturated heterocycles. The fourth-order valence-corrected chi connectivity index (χ4v) is 4.53. The lowest BCUT2D eigenvalue weighted by Crippen LogP contribution is -2.44. The van der Waals surface area contributed by atoms with Crippen molar-refractivity contribution >= 4 is 34.4 Å². The highest BCUT2D eigenvalue weighted by atomic mass is 28.4. The van der Waals surface area contributed by atoms with Crippen molar-refractivity contribution in [3.8, 4) is 0 Å². The molecule has 5 nitrogen and oxygen atoms in total. The summed E-state index contributed by atoms with van der Waals surface area (Å²) in [6.07, 6.45) is 0.701. The van der Waals surface area contributed by atoms with Gasteiger partial charge in [-0.15, -0.1) is 0 Å². The summed E-state index contributed by atoms with van der Waals surface area (Å²) in [5, 5.41) is 3.10. The van der Waals surface area contributed by atoms with Gasteiger partial charge in [-0.3, -0.25) is 4.79 Å². The first kappa shape index (κ1) is 26.9. The van der Waals surface area contributed by atoms with E-state index in [1.807, 2.05) is 24.3 Å². The van der Waals surface area contributed by atoms with Crippen LogP contribution in [0.4, 0.5) is 11.4 Å². The zero-order valence-corrected chi connectivity index (χ0v) is 22.9. The molecule has 7 heteroatoms. The molecule has 0 unspecified atom stereocenters. The number of nitrogens with one attached hydrogen (secondary N) is 1. The molecule has 0 saturated carbocycles. The van der Waals surface area contributed by atoms with E-state index in [0.29, 0.717) is 19.6 Å². The van der Waals surface area contributed by atoms with E-state index in [9.17, 15) is 4.79 Å². The Labute approximate surface area is 186 Å². The molecule has 0 atom stereocenters. The van der Waals surface area contributed by atoms with Crippen LogP contribution in [0, 0.1) is 0 Å². The Morgan fingerprint density at radius 3 is 1.57 bits per heavy atom. The molecule has 1 aromatic carbocycles. The molecule has 30 heavy (non-hydrogen) atoms. The van der Waals surface area contributed by atoms with Crippen LogP contribution in [-0.4, -0.2) is 49.3 Å². The molecule has 0 aliphatic carbocycles. The summed E-state index contributed by atoms with van der Waals surface area (Å²) in [4.78, 5) is 13.0. The highest BCUT2D eigenvalue weighted by Crippen LogP contribution is 2.37. The van der Waals surface area contributed by atoms with Gasteiger partial charge in [-0.2, -0.15) is 0 Å². The molecule has 0 spiro atoms. The van der Waals surface area contributed by atoms with Crippen LogP contribution in [0.3, 0.4) is 0 Å². The van der Waals surface area contributed by atoms with Crippen LogP contribution in [-0.2, 0) is 13.6 Å². The molecule has 172 valence electrons. The number of benzene rings is 1. The molecule has 1 amide bonds. The van der Waals surface area contributed by atoms with Gasteiger partial charge in [0.15, 0.2) is 16.6 Å². The Kier molecular flexibility index (Phi) is 9.35. The average molecular weight is 453 g/mol. The van der Waals surface area contributed by atoms with Crippen molar-refractivity contribution in [1.82, 2.24) is 0 Å². The Balaban J connectivity index is 2.85. The van der Waals surface area contributed by atoms with E-state index in [1.54, 1.807) is 0 Å². The van der Waals surface area contributed by atoms with Crippen LogP contribution in [0.1, 0.15) is 41.5 Å². The average Bonchev–Trinajstić information content (AvgIpc) is 2.59. The van der Waals surface area contributed by atoms with Crippen LogP contribution >= 0.6 is 0 Å². The lowest BCUT2D eigenvalue weighted by molar-refractivity contribution is -0.105. The minimum absolute atomic E-state index is 0.200. The fourth-order valence-electron chi connectivity index (χ4n) is 2.46. The molecular formula is C23H44N2O3Si2. The molecule has 1 aromatic rings. The SMILES string of the molecule is CC(C)(C)[Si](C)(C)OCCN(CCO[Si](C)(C)C(C)(C)C)c1ccc(NC=O)cc1. The predicted octanol–water partition coefficient (Wildman–Crippen LogP) is 6.10. The van der Waals surface area contributed by atoms with Gasteiger partial charge in [0.05, 0.1) is 13.2 Å². The van der Waals surface area contributed by atoms with Crippen molar-refractivity contribution in [3.63, 3.8) is 0 Å². The number of hydrogen-bond acceptors (Lipinski definition) is 4. The summed E-state index contributed by atoms with van der Waals surface area (Å²) in [6, 6.07) is 7.95. The smallest absolute Gasteiger partial charge is 0.211 e. The number of anilines is 2. The Morgan fingerprint density at radius 2 is 1.23 bits per heavy atom. The minimum atomic E-state index is -1.78. The minimum Gasteiger partial charge on any atom is -0.415 e. The Hall–Kier alpha value is -1.16. The van der Waals surface area contributed by atoms with Crippen LogP contribution in [0.2, 0.25) is 36.3 Å². The number of amides is 1. The van der Waals surface area contributed by atoms with Crippen molar-refractivity contribution in [2.45, 2.75) is 77.8 Å². The third-order valence-corrected chi connectivity index (χ3v) is 15.8. The second-order valence-electron chi connectivity index (χ2n) is 11.0. The monoisotopic (exact) mass is 452 g/mol. The van der Waals surface area contributed by atoms with Gasteiger partial charge in [0.2, 0.25) is 6.41 Å². The predicted molar refractivity (Wildman–Crippen MR) is 135 cm³/mol. The van der Waals surface area contributed by atoms with E-state index in [1.165, 1.54) is 0 Å². The van der Waals surface area contributed by atoms with Gasteiger partial charge in [-0.05, 0) is 60.5 Å². The Morgan fingerprint density at radius 1 is 0.833 bits per heavy atom. The first-order chi connectivity index (χ1) is 13.6. The van der Waals surface area contributed by atoms with E-state index in [4.69, 9.17) is 8.85 Å². The molecule has 0 aliphatic rings. The number of carbonyl (C=O) groups excluding carboxylic acids is 1. The number of carbonyl (C=O) groups is 1. The van der Waals surface area contributed by atoms with Gasteiger partial charge >= 0.3 is 0 Å². The van der Waals surface area contributed by atoms with Gasteiger partial charge in [0.25, 0.3) is 0 Å². The lowest BCUT2D eigenvalue weighted by atomic mass is 10.2. The first-order valence-electron chi connectivity index (χ1n) is 10.9. The maximum atomic E-state index is 10.7. The number of hydrogen-bond donors (Lipinski definition) is 1. The second kappa shape index (κ2) is 10.4. The summed E-state index contributed by atoms with van der Waals surface area (Å²) in [7, 11) is -3.56. The molecule has 0 heterocycles. The van der Waals surface area contributed by atoms with Crippen molar-refractivity contribution in [2.24, 2.45) is 0 Å². The summed E-state index contributed by atoms with van der Waals surface area (Å²) in [5.41, 5.74) is 1.91. The van der Waals surface area contributed by atoms with E-state index >= 15 is 0 Å². The zero-order valence-electron chi connectivity index (χ0n) is 20.9. The zero-order chi connectivity index (χ0) is 23.2. The van der Waals surface area contributed by atoms with Crippen LogP contribution in [0.15, 0.2) is 24.3 Å². The van der Waals surface area contributed by atoms with Crippen LogP contribution in [0.25, 0.3) is 0 Å². The molecular weight excluding hydrogens is 408 g/mol. The summed E-state index contributed by atoms with van der Waals surface area (Å²) >= 11 is 0. The first-order valence-corrected chi connectivity index (χ1v) is 16.8. The standard InChI is InChI=1S/C23H44N2O3Si2/c1-22(2,3)29(7,8)27-17-15-25(16-18-28-30(9,10)23(4,5)6)21-13-11-20(12-14-21)24-19-26/h11-14,19H,15-18H2,1-10H3,(H,24,26). The van der Waals surface area contributed by atoms with Crippen molar-refractivity contribution in [1.29, 1.82) is 0 Å². The lowest BCUT2D eigenvalue weighted by Gasteiger charge is -2.38. The highest BCUT2D eigenvalue weighted by Gasteiger charge is 2.38. The second-order valence-corrected chi connectivity index (χ2v) is 20.6. The summed E-state index contributed by atoms with van der Waals surface area (Å²) in [6.45, 7) is 25.8. The number of rotatable bonds is 11. The molecule has 0 fully saturated rings. The molecule has 0 radical (unpaired) electrons. The van der Waals surface area contributed by atoms with Crippen LogP contribution < -0.4 is 10.2 Å². The van der Waals surface area contributed by atoms with Crippen molar-refractivity contribution < 1.29 is 13.6 Å². The topological polar surface area (TPSA) is 50.8 Å². The quantitative estimate of drug-likeness (QED) is 0.325. The van der Waals surface area contributed by atoms with Crippen LogP contribution in [0.5, 0.6) is 0 Å². The summed E-state index contributed by atoms with van der Waals surface area (Å²) < 4.78 is 12.8. The van der Waals surface area contributed by atoms with E-state index in [0.717, 1.165) is 24.5 Å². The van der Waals surface area contributed by atoms with Gasteiger partial charge in [-0.1, -0.05) is 41.5 Å². The molecule has 1 N–H and O–H groups in total. The van der Waals surface area contributed by atoms with Gasteiger partial charge in [0, 0.05) is 24.5 Å². The molecule has 1 rings (SSSR count). The van der Waals surface area contributed by atoms with E-state index < -0.39 is 16.6 Å². The van der Waals surface area contributed by atoms with Crippen molar-refractivity contribution in [2.75, 3.05) is 36.5 Å². The van der Waals surface area contributed by atoms with E-state index in [-0.39, 0.29) is 10.1 Å². The normalized spacial score (nSPS) is 13.3. The molecule has 0 bridgehead atoms.